The highest BCUT2D eigenvalue weighted by Crippen LogP contribution is 2.19. The van der Waals surface area contributed by atoms with Crippen LogP contribution in [0.3, 0.4) is 0 Å². The summed E-state index contributed by atoms with van der Waals surface area (Å²) in [6.45, 7) is 1.80. The van der Waals surface area contributed by atoms with Crippen molar-refractivity contribution < 1.29 is 13.6 Å². The zero-order valence-electron chi connectivity index (χ0n) is 8.46. The molecule has 0 radical (unpaired) electrons. The Labute approximate surface area is 100 Å². The number of furan rings is 1. The van der Waals surface area contributed by atoms with Crippen LogP contribution in [0.25, 0.3) is 0 Å². The van der Waals surface area contributed by atoms with Crippen molar-refractivity contribution in [2.24, 2.45) is 0 Å². The van der Waals surface area contributed by atoms with Gasteiger partial charge in [0, 0.05) is 0 Å². The summed E-state index contributed by atoms with van der Waals surface area (Å²) in [7, 11) is 0. The molecule has 0 unspecified atom stereocenters. The second-order valence-corrected chi connectivity index (χ2v) is 4.20. The smallest absolute Gasteiger partial charge is 0.231 e. The fraction of sp³-hybridized carbons (Fsp3) is 0.0833. The molecule has 0 atom stereocenters. The highest BCUT2D eigenvalue weighted by molar-refractivity contribution is 9.10. The molecular weight excluding hydrogens is 275 g/mol. The van der Waals surface area contributed by atoms with Crippen molar-refractivity contribution in [2.45, 2.75) is 6.92 Å². The Kier molecular flexibility index (Phi) is 2.92. The lowest BCUT2D eigenvalue weighted by molar-refractivity contribution is 0.100. The number of halogens is 2. The minimum Gasteiger partial charge on any atom is -0.446 e. The van der Waals surface area contributed by atoms with Crippen LogP contribution in [0.5, 0.6) is 0 Å². The molecule has 0 aliphatic carbocycles. The lowest BCUT2D eigenvalue weighted by atomic mass is 10.1. The summed E-state index contributed by atoms with van der Waals surface area (Å²) in [6.07, 6.45) is 0. The normalized spacial score (nSPS) is 10.4. The quantitative estimate of drug-likeness (QED) is 0.786. The summed E-state index contributed by atoms with van der Waals surface area (Å²) < 4.78 is 19.0. The van der Waals surface area contributed by atoms with Gasteiger partial charge in [0.1, 0.15) is 5.82 Å². The van der Waals surface area contributed by atoms with Crippen LogP contribution in [0, 0.1) is 12.7 Å². The number of carbonyl (C=O) groups excluding carboxylic acids is 1. The van der Waals surface area contributed by atoms with Gasteiger partial charge in [-0.25, -0.2) is 4.39 Å². The first-order valence-corrected chi connectivity index (χ1v) is 5.43. The minimum atomic E-state index is -0.539. The van der Waals surface area contributed by atoms with Crippen LogP contribution in [-0.2, 0) is 0 Å². The van der Waals surface area contributed by atoms with Crippen molar-refractivity contribution in [1.82, 2.24) is 0 Å². The monoisotopic (exact) mass is 282 g/mol. The van der Waals surface area contributed by atoms with Gasteiger partial charge in [0.15, 0.2) is 10.4 Å². The van der Waals surface area contributed by atoms with Crippen LogP contribution in [0.2, 0.25) is 0 Å². The highest BCUT2D eigenvalue weighted by atomic mass is 79.9. The standard InChI is InChI=1S/C12H8BrFO2/c1-7-2-3-9(14)8(6-7)12(15)10-4-5-11(13)16-10/h2-6H,1H3. The molecular formula is C12H8BrFO2. The zero-order valence-corrected chi connectivity index (χ0v) is 10.0. The van der Waals surface area contributed by atoms with E-state index in [4.69, 9.17) is 4.42 Å². The molecule has 0 fully saturated rings. The van der Waals surface area contributed by atoms with E-state index in [2.05, 4.69) is 15.9 Å². The molecule has 2 nitrogen and oxygen atoms in total. The van der Waals surface area contributed by atoms with Crippen LogP contribution in [0.4, 0.5) is 4.39 Å². The van der Waals surface area contributed by atoms with Crippen LogP contribution in [0.15, 0.2) is 39.4 Å². The Balaban J connectivity index is 2.45. The number of rotatable bonds is 2. The van der Waals surface area contributed by atoms with Gasteiger partial charge in [0.25, 0.3) is 0 Å². The summed E-state index contributed by atoms with van der Waals surface area (Å²) in [5.41, 5.74) is 0.859. The molecule has 0 saturated heterocycles. The molecule has 1 aromatic heterocycles. The van der Waals surface area contributed by atoms with Gasteiger partial charge in [0.2, 0.25) is 5.78 Å². The average molecular weight is 283 g/mol. The molecule has 1 heterocycles. The average Bonchev–Trinajstić information content (AvgIpc) is 2.67. The lowest BCUT2D eigenvalue weighted by Crippen LogP contribution is -2.03. The molecule has 1 aromatic carbocycles. The van der Waals surface area contributed by atoms with E-state index < -0.39 is 11.6 Å². The Morgan fingerprint density at radius 3 is 2.69 bits per heavy atom. The van der Waals surface area contributed by atoms with E-state index in [9.17, 15) is 9.18 Å². The van der Waals surface area contributed by atoms with Crippen LogP contribution >= 0.6 is 15.9 Å². The van der Waals surface area contributed by atoms with Gasteiger partial charge in [-0.05, 0) is 47.1 Å². The second-order valence-electron chi connectivity index (χ2n) is 3.42. The van der Waals surface area contributed by atoms with Gasteiger partial charge >= 0.3 is 0 Å². The third-order valence-electron chi connectivity index (χ3n) is 2.16. The number of hydrogen-bond donors (Lipinski definition) is 0. The zero-order chi connectivity index (χ0) is 11.7. The van der Waals surface area contributed by atoms with Crippen molar-refractivity contribution in [3.05, 3.63) is 57.7 Å². The summed E-state index contributed by atoms with van der Waals surface area (Å²) in [5, 5.41) is 0. The van der Waals surface area contributed by atoms with Crippen molar-refractivity contribution >= 4 is 21.7 Å². The van der Waals surface area contributed by atoms with E-state index in [0.29, 0.717) is 4.67 Å². The lowest BCUT2D eigenvalue weighted by Gasteiger charge is -2.01. The van der Waals surface area contributed by atoms with Gasteiger partial charge in [-0.1, -0.05) is 11.6 Å². The first kappa shape index (κ1) is 11.1. The Hall–Kier alpha value is -1.42. The van der Waals surface area contributed by atoms with Crippen molar-refractivity contribution in [3.63, 3.8) is 0 Å². The first-order chi connectivity index (χ1) is 7.58. The molecule has 0 spiro atoms. The molecule has 0 bridgehead atoms. The van der Waals surface area contributed by atoms with E-state index in [1.165, 1.54) is 18.2 Å². The molecule has 0 N–H and O–H groups in total. The third kappa shape index (κ3) is 2.07. The SMILES string of the molecule is Cc1ccc(F)c(C(=O)c2ccc(Br)o2)c1. The number of benzene rings is 1. The second kappa shape index (κ2) is 4.22. The fourth-order valence-corrected chi connectivity index (χ4v) is 1.69. The third-order valence-corrected chi connectivity index (χ3v) is 2.59. The maximum atomic E-state index is 13.4. The molecule has 82 valence electrons. The van der Waals surface area contributed by atoms with Crippen molar-refractivity contribution in [1.29, 1.82) is 0 Å². The van der Waals surface area contributed by atoms with E-state index in [0.717, 1.165) is 5.56 Å². The van der Waals surface area contributed by atoms with Gasteiger partial charge in [-0.3, -0.25) is 4.79 Å². The molecule has 0 aliphatic rings. The van der Waals surface area contributed by atoms with Crippen molar-refractivity contribution in [3.8, 4) is 0 Å². The fourth-order valence-electron chi connectivity index (χ4n) is 1.38. The maximum Gasteiger partial charge on any atom is 0.231 e. The van der Waals surface area contributed by atoms with Gasteiger partial charge in [-0.2, -0.15) is 0 Å². The molecule has 16 heavy (non-hydrogen) atoms. The van der Waals surface area contributed by atoms with Gasteiger partial charge < -0.3 is 4.42 Å². The van der Waals surface area contributed by atoms with Gasteiger partial charge in [0.05, 0.1) is 5.56 Å². The Morgan fingerprint density at radius 1 is 1.31 bits per heavy atom. The minimum absolute atomic E-state index is 0.0295. The summed E-state index contributed by atoms with van der Waals surface area (Å²) in [6, 6.07) is 7.51. The molecule has 2 aromatic rings. The predicted molar refractivity (Wildman–Crippen MR) is 61.0 cm³/mol. The highest BCUT2D eigenvalue weighted by Gasteiger charge is 2.17. The number of carbonyl (C=O) groups is 1. The maximum absolute atomic E-state index is 13.4. The topological polar surface area (TPSA) is 30.2 Å². The molecule has 4 heteroatoms. The Morgan fingerprint density at radius 2 is 2.06 bits per heavy atom. The number of hydrogen-bond acceptors (Lipinski definition) is 2. The summed E-state index contributed by atoms with van der Waals surface area (Å²) >= 11 is 3.09. The van der Waals surface area contributed by atoms with E-state index >= 15 is 0 Å². The first-order valence-electron chi connectivity index (χ1n) is 4.64. The van der Waals surface area contributed by atoms with E-state index in [-0.39, 0.29) is 11.3 Å². The van der Waals surface area contributed by atoms with Gasteiger partial charge in [-0.15, -0.1) is 0 Å². The summed E-state index contributed by atoms with van der Waals surface area (Å²) in [4.78, 5) is 11.9. The van der Waals surface area contributed by atoms with E-state index in [1.807, 2.05) is 0 Å². The molecule has 0 saturated carbocycles. The number of ketones is 1. The Bertz CT molecular complexity index is 546. The van der Waals surface area contributed by atoms with Crippen molar-refractivity contribution in [2.75, 3.05) is 0 Å². The van der Waals surface area contributed by atoms with Crippen LogP contribution < -0.4 is 0 Å². The predicted octanol–water partition coefficient (Wildman–Crippen LogP) is 3.72. The molecule has 0 aliphatic heterocycles. The molecule has 2 rings (SSSR count). The van der Waals surface area contributed by atoms with Crippen LogP contribution in [-0.4, -0.2) is 5.78 Å². The summed E-state index contributed by atoms with van der Waals surface area (Å²) in [5.74, 6) is -0.869. The molecule has 0 amide bonds. The largest absolute Gasteiger partial charge is 0.446 e. The van der Waals surface area contributed by atoms with E-state index in [1.54, 1.807) is 19.1 Å². The number of aryl methyl sites for hydroxylation is 1. The van der Waals surface area contributed by atoms with Crippen LogP contribution in [0.1, 0.15) is 21.7 Å².